The Labute approximate surface area is 147 Å². The molecule has 0 spiro atoms. The van der Waals surface area contributed by atoms with Crippen molar-refractivity contribution in [2.24, 2.45) is 5.92 Å². The summed E-state index contributed by atoms with van der Waals surface area (Å²) in [7, 11) is 1.77. The van der Waals surface area contributed by atoms with Crippen molar-refractivity contribution in [3.8, 4) is 11.4 Å². The summed E-state index contributed by atoms with van der Waals surface area (Å²) in [5.41, 5.74) is 0.868. The Morgan fingerprint density at radius 2 is 2.04 bits per heavy atom. The van der Waals surface area contributed by atoms with Gasteiger partial charge in [-0.15, -0.1) is 10.2 Å². The summed E-state index contributed by atoms with van der Waals surface area (Å²) in [5, 5.41) is 22.5. The van der Waals surface area contributed by atoms with Crippen molar-refractivity contribution in [3.63, 3.8) is 0 Å². The minimum absolute atomic E-state index is 0.0743. The molecule has 3 rings (SSSR count). The first-order chi connectivity index (χ1) is 12.1. The highest BCUT2D eigenvalue weighted by Crippen LogP contribution is 2.25. The van der Waals surface area contributed by atoms with E-state index in [9.17, 15) is 9.90 Å². The second-order valence-electron chi connectivity index (χ2n) is 6.81. The molecule has 134 valence electrons. The molecule has 1 heterocycles. The van der Waals surface area contributed by atoms with Crippen LogP contribution in [0.4, 0.5) is 0 Å². The SMILES string of the molecule is CC(C(=O)N(C)CC1CCCCC1O)n1nnc(-c2ccccc2)n1. The topological polar surface area (TPSA) is 84.1 Å². The van der Waals surface area contributed by atoms with Gasteiger partial charge in [0.15, 0.2) is 0 Å². The van der Waals surface area contributed by atoms with E-state index in [1.807, 2.05) is 30.3 Å². The van der Waals surface area contributed by atoms with Crippen LogP contribution in [0.1, 0.15) is 38.6 Å². The van der Waals surface area contributed by atoms with Gasteiger partial charge in [-0.1, -0.05) is 43.2 Å². The molecule has 1 amide bonds. The highest BCUT2D eigenvalue weighted by Gasteiger charge is 2.28. The van der Waals surface area contributed by atoms with Crippen LogP contribution in [0.25, 0.3) is 11.4 Å². The number of hydrogen-bond donors (Lipinski definition) is 1. The lowest BCUT2D eigenvalue weighted by Gasteiger charge is -2.32. The Balaban J connectivity index is 1.64. The molecule has 1 aliphatic rings. The van der Waals surface area contributed by atoms with Gasteiger partial charge in [-0.3, -0.25) is 4.79 Å². The van der Waals surface area contributed by atoms with Gasteiger partial charge >= 0.3 is 0 Å². The van der Waals surface area contributed by atoms with Crippen LogP contribution in [-0.2, 0) is 4.79 Å². The zero-order valence-corrected chi connectivity index (χ0v) is 14.7. The fraction of sp³-hybridized carbons (Fsp3) is 0.556. The normalized spacial score (nSPS) is 21.7. The molecule has 1 aromatic heterocycles. The Morgan fingerprint density at radius 1 is 1.32 bits per heavy atom. The predicted molar refractivity (Wildman–Crippen MR) is 93.6 cm³/mol. The smallest absolute Gasteiger partial charge is 0.248 e. The van der Waals surface area contributed by atoms with Crippen molar-refractivity contribution in [2.45, 2.75) is 44.8 Å². The summed E-state index contributed by atoms with van der Waals surface area (Å²) < 4.78 is 0. The van der Waals surface area contributed by atoms with Crippen LogP contribution in [0.15, 0.2) is 30.3 Å². The quantitative estimate of drug-likeness (QED) is 0.896. The van der Waals surface area contributed by atoms with Crippen LogP contribution >= 0.6 is 0 Å². The maximum absolute atomic E-state index is 12.7. The van der Waals surface area contributed by atoms with Crippen molar-refractivity contribution in [3.05, 3.63) is 30.3 Å². The molecule has 0 saturated heterocycles. The lowest BCUT2D eigenvalue weighted by Crippen LogP contribution is -2.41. The van der Waals surface area contributed by atoms with Crippen LogP contribution in [0.2, 0.25) is 0 Å². The molecule has 1 aliphatic carbocycles. The molecule has 0 radical (unpaired) electrons. The number of amides is 1. The highest BCUT2D eigenvalue weighted by molar-refractivity contribution is 5.79. The molecular weight excluding hydrogens is 318 g/mol. The molecule has 25 heavy (non-hydrogen) atoms. The fourth-order valence-electron chi connectivity index (χ4n) is 3.35. The van der Waals surface area contributed by atoms with Crippen molar-refractivity contribution in [1.29, 1.82) is 0 Å². The molecule has 3 atom stereocenters. The standard InChI is InChI=1S/C18H25N5O2/c1-13(18(25)22(2)12-15-10-6-7-11-16(15)24)23-20-17(19-21-23)14-8-4-3-5-9-14/h3-5,8-9,13,15-16,24H,6-7,10-12H2,1-2H3. The lowest BCUT2D eigenvalue weighted by atomic mass is 9.86. The first-order valence-corrected chi connectivity index (χ1v) is 8.84. The third-order valence-electron chi connectivity index (χ3n) is 4.92. The van der Waals surface area contributed by atoms with E-state index in [0.717, 1.165) is 31.2 Å². The number of aliphatic hydroxyl groups excluding tert-OH is 1. The second kappa shape index (κ2) is 7.74. The predicted octanol–water partition coefficient (Wildman–Crippen LogP) is 1.91. The molecule has 1 fully saturated rings. The van der Waals surface area contributed by atoms with Crippen LogP contribution in [0.3, 0.4) is 0 Å². The monoisotopic (exact) mass is 343 g/mol. The van der Waals surface area contributed by atoms with E-state index >= 15 is 0 Å². The van der Waals surface area contributed by atoms with Crippen LogP contribution in [0, 0.1) is 5.92 Å². The van der Waals surface area contributed by atoms with Gasteiger partial charge < -0.3 is 10.0 Å². The average Bonchev–Trinajstić information content (AvgIpc) is 3.13. The minimum Gasteiger partial charge on any atom is -0.393 e. The molecule has 7 heteroatoms. The fourth-order valence-corrected chi connectivity index (χ4v) is 3.35. The molecule has 0 aliphatic heterocycles. The van der Waals surface area contributed by atoms with Crippen molar-refractivity contribution >= 4 is 5.91 Å². The van der Waals surface area contributed by atoms with Crippen LogP contribution < -0.4 is 0 Å². The third kappa shape index (κ3) is 4.04. The van der Waals surface area contributed by atoms with Crippen molar-refractivity contribution < 1.29 is 9.90 Å². The highest BCUT2D eigenvalue weighted by atomic mass is 16.3. The maximum Gasteiger partial charge on any atom is 0.248 e. The van der Waals surface area contributed by atoms with Crippen molar-refractivity contribution in [1.82, 2.24) is 25.1 Å². The number of rotatable bonds is 5. The molecule has 1 aromatic carbocycles. The van der Waals surface area contributed by atoms with Crippen LogP contribution in [0.5, 0.6) is 0 Å². The third-order valence-corrected chi connectivity index (χ3v) is 4.92. The summed E-state index contributed by atoms with van der Waals surface area (Å²) in [5.74, 6) is 0.582. The van der Waals surface area contributed by atoms with Gasteiger partial charge in [-0.2, -0.15) is 4.80 Å². The Bertz CT molecular complexity index is 703. The Hall–Kier alpha value is -2.28. The zero-order chi connectivity index (χ0) is 17.8. The molecule has 3 unspecified atom stereocenters. The van der Waals surface area contributed by atoms with E-state index < -0.39 is 6.04 Å². The summed E-state index contributed by atoms with van der Waals surface area (Å²) in [6.07, 6.45) is 3.66. The molecular formula is C18H25N5O2. The number of tetrazole rings is 1. The van der Waals surface area contributed by atoms with E-state index in [0.29, 0.717) is 12.4 Å². The number of carbonyl (C=O) groups is 1. The van der Waals surface area contributed by atoms with Gasteiger partial charge in [0.25, 0.3) is 0 Å². The molecule has 1 N–H and O–H groups in total. The number of hydrogen-bond acceptors (Lipinski definition) is 5. The maximum atomic E-state index is 12.7. The lowest BCUT2D eigenvalue weighted by molar-refractivity contribution is -0.134. The zero-order valence-electron chi connectivity index (χ0n) is 14.7. The number of nitrogens with zero attached hydrogens (tertiary/aromatic N) is 5. The van der Waals surface area contributed by atoms with E-state index in [4.69, 9.17) is 0 Å². The van der Waals surface area contributed by atoms with Crippen molar-refractivity contribution in [2.75, 3.05) is 13.6 Å². The number of aromatic nitrogens is 4. The van der Waals surface area contributed by atoms with Crippen LogP contribution in [-0.4, -0.2) is 55.8 Å². The summed E-state index contributed by atoms with van der Waals surface area (Å²) >= 11 is 0. The molecule has 7 nitrogen and oxygen atoms in total. The number of aliphatic hydroxyl groups is 1. The molecule has 2 aromatic rings. The first-order valence-electron chi connectivity index (χ1n) is 8.84. The summed E-state index contributed by atoms with van der Waals surface area (Å²) in [6, 6.07) is 9.03. The molecule has 0 bridgehead atoms. The first kappa shape index (κ1) is 17.5. The van der Waals surface area contributed by atoms with E-state index in [1.165, 1.54) is 4.80 Å². The van der Waals surface area contributed by atoms with Gasteiger partial charge in [0.05, 0.1) is 6.10 Å². The number of likely N-dealkylation sites (N-methyl/N-ethyl adjacent to an activating group) is 1. The second-order valence-corrected chi connectivity index (χ2v) is 6.81. The Kier molecular flexibility index (Phi) is 5.43. The number of carbonyl (C=O) groups excluding carboxylic acids is 1. The largest absolute Gasteiger partial charge is 0.393 e. The van der Waals surface area contributed by atoms with Gasteiger partial charge in [0.2, 0.25) is 11.7 Å². The van der Waals surface area contributed by atoms with Gasteiger partial charge in [-0.05, 0) is 25.0 Å². The van der Waals surface area contributed by atoms with Gasteiger partial charge in [0, 0.05) is 25.1 Å². The van der Waals surface area contributed by atoms with E-state index in [2.05, 4.69) is 15.4 Å². The summed E-state index contributed by atoms with van der Waals surface area (Å²) in [6.45, 7) is 2.33. The Morgan fingerprint density at radius 3 is 2.76 bits per heavy atom. The van der Waals surface area contributed by atoms with E-state index in [1.54, 1.807) is 18.9 Å². The number of benzene rings is 1. The molecule has 1 saturated carbocycles. The minimum atomic E-state index is -0.532. The van der Waals surface area contributed by atoms with E-state index in [-0.39, 0.29) is 17.9 Å². The summed E-state index contributed by atoms with van der Waals surface area (Å²) in [4.78, 5) is 15.7. The van der Waals surface area contributed by atoms with Gasteiger partial charge in [-0.25, -0.2) is 0 Å². The van der Waals surface area contributed by atoms with Gasteiger partial charge in [0.1, 0.15) is 6.04 Å². The average molecular weight is 343 g/mol.